The van der Waals surface area contributed by atoms with Gasteiger partial charge < -0.3 is 10.1 Å². The van der Waals surface area contributed by atoms with Gasteiger partial charge in [-0.25, -0.2) is 24.3 Å². The molecule has 0 aliphatic carbocycles. The van der Waals surface area contributed by atoms with E-state index in [0.29, 0.717) is 30.9 Å². The molecule has 3 rings (SSSR count). The van der Waals surface area contributed by atoms with Gasteiger partial charge in [-0.1, -0.05) is 60.7 Å². The molecule has 10 nitrogen and oxygen atoms in total. The maximum atomic E-state index is 12.5. The summed E-state index contributed by atoms with van der Waals surface area (Å²) < 4.78 is 31.3. The molecule has 0 bridgehead atoms. The normalized spacial score (nSPS) is 12.3. The second-order valence-corrected chi connectivity index (χ2v) is 8.86. The number of nitrogens with two attached hydrogens (primary N) is 1. The van der Waals surface area contributed by atoms with Crippen LogP contribution in [0.2, 0.25) is 0 Å². The maximum Gasteiger partial charge on any atom is 0.408 e. The lowest BCUT2D eigenvalue weighted by Gasteiger charge is -2.16. The van der Waals surface area contributed by atoms with Crippen molar-refractivity contribution in [1.82, 2.24) is 24.8 Å². The molecule has 0 aliphatic heterocycles. The minimum absolute atomic E-state index is 0.141. The Hall–Kier alpha value is -3.28. The molecule has 1 unspecified atom stereocenters. The van der Waals surface area contributed by atoms with E-state index in [1.165, 1.54) is 0 Å². The van der Waals surface area contributed by atoms with Crippen LogP contribution in [-0.2, 0) is 28.6 Å². The smallest absolute Gasteiger partial charge is 0.408 e. The van der Waals surface area contributed by atoms with E-state index in [-0.39, 0.29) is 13.2 Å². The molecule has 0 radical (unpaired) electrons. The first-order valence-corrected chi connectivity index (χ1v) is 12.1. The minimum atomic E-state index is -3.73. The lowest BCUT2D eigenvalue weighted by molar-refractivity contribution is 0.134. The van der Waals surface area contributed by atoms with E-state index in [1.54, 1.807) is 11.7 Å². The average Bonchev–Trinajstić information content (AvgIpc) is 3.18. The number of alkyl carbamates (subject to hydrolysis) is 1. The lowest BCUT2D eigenvalue weighted by atomic mass is 10.1. The SMILES string of the molecule is Cn1nc(C(CCCCNS(N)(=O)=O)NC(=O)OCc2ccccc2)nc1-c1ccccc1. The maximum absolute atomic E-state index is 12.5. The minimum Gasteiger partial charge on any atom is -0.445 e. The third kappa shape index (κ3) is 7.97. The number of amides is 1. The van der Waals surface area contributed by atoms with Gasteiger partial charge in [0.2, 0.25) is 0 Å². The van der Waals surface area contributed by atoms with Gasteiger partial charge in [-0.05, 0) is 24.8 Å². The standard InChI is InChI=1S/C22H28N6O4S/c1-28-21(18-12-6-3-7-13-18)26-20(27-28)19(14-8-9-15-24-33(23,30)31)25-22(29)32-16-17-10-4-2-5-11-17/h2-7,10-13,19,24H,8-9,14-16H2,1H3,(H,25,29)(H2,23,30,31). The summed E-state index contributed by atoms with van der Waals surface area (Å²) in [5.74, 6) is 1.12. The first kappa shape index (κ1) is 24.4. The zero-order valence-electron chi connectivity index (χ0n) is 18.3. The first-order chi connectivity index (χ1) is 15.8. The molecule has 0 spiro atoms. The zero-order valence-corrected chi connectivity index (χ0v) is 19.2. The highest BCUT2D eigenvalue weighted by molar-refractivity contribution is 7.87. The van der Waals surface area contributed by atoms with Gasteiger partial charge >= 0.3 is 6.09 Å². The van der Waals surface area contributed by atoms with Crippen molar-refractivity contribution in [2.24, 2.45) is 12.2 Å². The van der Waals surface area contributed by atoms with Crippen LogP contribution in [0.3, 0.4) is 0 Å². The Labute approximate surface area is 193 Å². The molecule has 0 aliphatic rings. The van der Waals surface area contributed by atoms with Gasteiger partial charge in [0.25, 0.3) is 10.2 Å². The van der Waals surface area contributed by atoms with E-state index in [0.717, 1.165) is 11.1 Å². The first-order valence-electron chi connectivity index (χ1n) is 10.5. The highest BCUT2D eigenvalue weighted by Gasteiger charge is 2.22. The van der Waals surface area contributed by atoms with E-state index in [4.69, 9.17) is 9.88 Å². The van der Waals surface area contributed by atoms with Gasteiger partial charge in [0.1, 0.15) is 6.61 Å². The molecule has 11 heteroatoms. The van der Waals surface area contributed by atoms with E-state index < -0.39 is 22.3 Å². The Kier molecular flexibility index (Phi) is 8.52. The highest BCUT2D eigenvalue weighted by atomic mass is 32.2. The van der Waals surface area contributed by atoms with E-state index >= 15 is 0 Å². The van der Waals surface area contributed by atoms with Crippen LogP contribution in [0.5, 0.6) is 0 Å². The number of aromatic nitrogens is 3. The van der Waals surface area contributed by atoms with E-state index in [1.807, 2.05) is 60.7 Å². The summed E-state index contributed by atoms with van der Waals surface area (Å²) in [5, 5.41) is 12.3. The number of unbranched alkanes of at least 4 members (excludes halogenated alkanes) is 1. The van der Waals surface area contributed by atoms with Crippen LogP contribution in [0.15, 0.2) is 60.7 Å². The predicted molar refractivity (Wildman–Crippen MR) is 124 cm³/mol. The average molecular weight is 473 g/mol. The molecule has 176 valence electrons. The van der Waals surface area contributed by atoms with Crippen molar-refractivity contribution in [2.75, 3.05) is 6.54 Å². The van der Waals surface area contributed by atoms with Crippen LogP contribution in [0, 0.1) is 0 Å². The molecule has 0 saturated carbocycles. The Morgan fingerprint density at radius 1 is 1.09 bits per heavy atom. The van der Waals surface area contributed by atoms with Gasteiger partial charge in [-0.15, -0.1) is 0 Å². The van der Waals surface area contributed by atoms with Crippen molar-refractivity contribution < 1.29 is 17.9 Å². The highest BCUT2D eigenvalue weighted by Crippen LogP contribution is 2.22. The molecule has 4 N–H and O–H groups in total. The lowest BCUT2D eigenvalue weighted by Crippen LogP contribution is -2.32. The fourth-order valence-electron chi connectivity index (χ4n) is 3.25. The van der Waals surface area contributed by atoms with Crippen LogP contribution in [0.4, 0.5) is 4.79 Å². The van der Waals surface area contributed by atoms with Crippen molar-refractivity contribution in [2.45, 2.75) is 31.9 Å². The van der Waals surface area contributed by atoms with Gasteiger partial charge in [0, 0.05) is 19.2 Å². The number of aryl methyl sites for hydroxylation is 1. The molecule has 3 aromatic rings. The molecule has 1 heterocycles. The number of nitrogens with zero attached hydrogens (tertiary/aromatic N) is 3. The van der Waals surface area contributed by atoms with E-state index in [9.17, 15) is 13.2 Å². The van der Waals surface area contributed by atoms with Crippen molar-refractivity contribution >= 4 is 16.3 Å². The van der Waals surface area contributed by atoms with Crippen molar-refractivity contribution in [3.8, 4) is 11.4 Å². The van der Waals surface area contributed by atoms with E-state index in [2.05, 4.69) is 20.1 Å². The monoisotopic (exact) mass is 472 g/mol. The van der Waals surface area contributed by atoms with Crippen LogP contribution in [0.25, 0.3) is 11.4 Å². The zero-order chi connectivity index (χ0) is 23.7. The molecule has 0 saturated heterocycles. The fourth-order valence-corrected chi connectivity index (χ4v) is 3.68. The number of nitrogens with one attached hydrogen (secondary N) is 2. The Morgan fingerprint density at radius 2 is 1.76 bits per heavy atom. The Bertz CT molecular complexity index is 1140. The van der Waals surface area contributed by atoms with Gasteiger partial charge in [-0.2, -0.15) is 13.5 Å². The number of hydrogen-bond acceptors (Lipinski definition) is 6. The molecule has 33 heavy (non-hydrogen) atoms. The Balaban J connectivity index is 1.67. The van der Waals surface area contributed by atoms with Crippen LogP contribution < -0.4 is 15.2 Å². The quantitative estimate of drug-likeness (QED) is 0.366. The second-order valence-electron chi connectivity index (χ2n) is 7.48. The molecular weight excluding hydrogens is 444 g/mol. The van der Waals surface area contributed by atoms with Gasteiger partial charge in [0.15, 0.2) is 11.6 Å². The summed E-state index contributed by atoms with van der Waals surface area (Å²) in [6, 6.07) is 18.5. The summed E-state index contributed by atoms with van der Waals surface area (Å²) >= 11 is 0. The van der Waals surface area contributed by atoms with Crippen LogP contribution in [0.1, 0.15) is 36.7 Å². The molecule has 1 amide bonds. The number of carbonyl (C=O) groups is 1. The molecule has 1 aromatic heterocycles. The van der Waals surface area contributed by atoms with Crippen LogP contribution in [-0.4, -0.2) is 35.8 Å². The summed E-state index contributed by atoms with van der Waals surface area (Å²) in [4.78, 5) is 17.1. The largest absolute Gasteiger partial charge is 0.445 e. The fraction of sp³-hybridized carbons (Fsp3) is 0.318. The molecular formula is C22H28N6O4S. The molecule has 2 aromatic carbocycles. The third-order valence-electron chi connectivity index (χ3n) is 4.85. The summed E-state index contributed by atoms with van der Waals surface area (Å²) in [7, 11) is -1.94. The summed E-state index contributed by atoms with van der Waals surface area (Å²) in [5.41, 5.74) is 1.78. The third-order valence-corrected chi connectivity index (χ3v) is 5.46. The summed E-state index contributed by atoms with van der Waals surface area (Å²) in [6.07, 6.45) is 1.04. The Morgan fingerprint density at radius 3 is 2.42 bits per heavy atom. The number of carbonyl (C=O) groups excluding carboxylic acids is 1. The van der Waals surface area contributed by atoms with Crippen molar-refractivity contribution in [1.29, 1.82) is 0 Å². The number of benzene rings is 2. The predicted octanol–water partition coefficient (Wildman–Crippen LogP) is 2.41. The number of rotatable bonds is 11. The molecule has 1 atom stereocenters. The molecule has 0 fully saturated rings. The van der Waals surface area contributed by atoms with Gasteiger partial charge in [0.05, 0.1) is 6.04 Å². The van der Waals surface area contributed by atoms with Crippen LogP contribution >= 0.6 is 0 Å². The number of ether oxygens (including phenoxy) is 1. The summed E-state index contributed by atoms with van der Waals surface area (Å²) in [6.45, 7) is 0.345. The van der Waals surface area contributed by atoms with Crippen molar-refractivity contribution in [3.05, 3.63) is 72.1 Å². The van der Waals surface area contributed by atoms with Gasteiger partial charge in [-0.3, -0.25) is 0 Å². The second kappa shape index (κ2) is 11.5. The number of hydrogen-bond donors (Lipinski definition) is 3. The van der Waals surface area contributed by atoms with Crippen molar-refractivity contribution in [3.63, 3.8) is 0 Å². The topological polar surface area (TPSA) is 141 Å².